The topological polar surface area (TPSA) is 89.6 Å². The molecule has 1 aromatic carbocycles. The molecule has 1 aliphatic carbocycles. The van der Waals surface area contributed by atoms with Gasteiger partial charge in [-0.1, -0.05) is 29.8 Å². The first-order valence-electron chi connectivity index (χ1n) is 7.41. The van der Waals surface area contributed by atoms with Crippen LogP contribution in [0.15, 0.2) is 46.7 Å². The van der Waals surface area contributed by atoms with Crippen molar-refractivity contribution in [1.29, 1.82) is 0 Å². The number of rotatable bonds is 2. The van der Waals surface area contributed by atoms with Gasteiger partial charge >= 0.3 is 0 Å². The molecule has 0 fully saturated rings. The summed E-state index contributed by atoms with van der Waals surface area (Å²) in [5.41, 5.74) is 16.0. The number of guanidine groups is 1. The van der Waals surface area contributed by atoms with Crippen molar-refractivity contribution in [2.24, 2.45) is 21.7 Å². The molecule has 8 heteroatoms. The third kappa shape index (κ3) is 4.63. The van der Waals surface area contributed by atoms with Gasteiger partial charge in [0, 0.05) is 16.8 Å². The van der Waals surface area contributed by atoms with Gasteiger partial charge in [0.25, 0.3) is 0 Å². The number of aromatic nitrogens is 1. The van der Waals surface area contributed by atoms with Crippen LogP contribution in [0, 0.1) is 6.92 Å². The molecule has 1 unspecified atom stereocenters. The maximum Gasteiger partial charge on any atom is 0.211 e. The molecule has 1 aliphatic rings. The van der Waals surface area contributed by atoms with Crippen molar-refractivity contribution in [3.8, 4) is 0 Å². The normalized spacial score (nSPS) is 17.0. The second kappa shape index (κ2) is 9.04. The van der Waals surface area contributed by atoms with Gasteiger partial charge < -0.3 is 11.5 Å². The van der Waals surface area contributed by atoms with E-state index < -0.39 is 0 Å². The minimum absolute atomic E-state index is 0. The van der Waals surface area contributed by atoms with Crippen molar-refractivity contribution >= 4 is 48.1 Å². The molecule has 0 bridgehead atoms. The zero-order chi connectivity index (χ0) is 16.4. The molecular weight excluding hydrogens is 381 g/mol. The zero-order valence-corrected chi connectivity index (χ0v) is 16.0. The summed E-state index contributed by atoms with van der Waals surface area (Å²) in [6.07, 6.45) is 3.36. The summed E-state index contributed by atoms with van der Waals surface area (Å²) in [5.74, 6) is 0.152. The van der Waals surface area contributed by atoms with Crippen molar-refractivity contribution in [3.05, 3.63) is 63.9 Å². The summed E-state index contributed by atoms with van der Waals surface area (Å²) in [7, 11) is 0. The lowest BCUT2D eigenvalue weighted by Gasteiger charge is -2.26. The molecule has 1 heterocycles. The Morgan fingerprint density at radius 1 is 1.16 bits per heavy atom. The summed E-state index contributed by atoms with van der Waals surface area (Å²) in [6.45, 7) is 2.04. The minimum atomic E-state index is -0.0551. The highest BCUT2D eigenvalue weighted by atomic mass is 35.5. The summed E-state index contributed by atoms with van der Waals surface area (Å²) < 4.78 is 0. The molecule has 0 radical (unpaired) electrons. The van der Waals surface area contributed by atoms with Crippen molar-refractivity contribution < 1.29 is 0 Å². The average molecular weight is 401 g/mol. The van der Waals surface area contributed by atoms with Crippen molar-refractivity contribution in [2.75, 3.05) is 0 Å². The van der Waals surface area contributed by atoms with E-state index in [9.17, 15) is 0 Å². The van der Waals surface area contributed by atoms with Crippen molar-refractivity contribution in [1.82, 2.24) is 4.98 Å². The van der Waals surface area contributed by atoms with Gasteiger partial charge in [-0.25, -0.2) is 0 Å². The van der Waals surface area contributed by atoms with Gasteiger partial charge in [0.1, 0.15) is 0 Å². The number of aryl methyl sites for hydroxylation is 1. The van der Waals surface area contributed by atoms with Crippen molar-refractivity contribution in [2.45, 2.75) is 25.7 Å². The van der Waals surface area contributed by atoms with E-state index in [0.717, 1.165) is 46.0 Å². The van der Waals surface area contributed by atoms with E-state index >= 15 is 0 Å². The molecule has 0 amide bonds. The lowest BCUT2D eigenvalue weighted by Crippen LogP contribution is -2.24. The van der Waals surface area contributed by atoms with Gasteiger partial charge in [-0.15, -0.1) is 29.9 Å². The molecule has 0 aliphatic heterocycles. The molecule has 5 nitrogen and oxygen atoms in total. The Morgan fingerprint density at radius 2 is 1.88 bits per heavy atom. The third-order valence-corrected chi connectivity index (χ3v) is 4.38. The van der Waals surface area contributed by atoms with Gasteiger partial charge in [0.15, 0.2) is 0 Å². The molecule has 134 valence electrons. The Kier molecular flexibility index (Phi) is 7.67. The molecule has 0 saturated carbocycles. The predicted octanol–water partition coefficient (Wildman–Crippen LogP) is 3.59. The summed E-state index contributed by atoms with van der Waals surface area (Å²) in [5, 5.41) is 8.86. The van der Waals surface area contributed by atoms with E-state index in [2.05, 4.69) is 15.2 Å². The lowest BCUT2D eigenvalue weighted by atomic mass is 9.80. The van der Waals surface area contributed by atoms with Crippen LogP contribution in [-0.4, -0.2) is 16.7 Å². The smallest absolute Gasteiger partial charge is 0.211 e. The largest absolute Gasteiger partial charge is 0.369 e. The summed E-state index contributed by atoms with van der Waals surface area (Å²) >= 11 is 6.36. The van der Waals surface area contributed by atoms with Crippen LogP contribution < -0.4 is 11.5 Å². The van der Waals surface area contributed by atoms with Gasteiger partial charge in [0.05, 0.1) is 11.4 Å². The van der Waals surface area contributed by atoms with Gasteiger partial charge in [-0.05, 0) is 48.9 Å². The maximum absolute atomic E-state index is 6.36. The SMILES string of the molecule is Cc1ccnc2c1/C(=N/N=C(N)N)CC(c1ccccc1Cl)C2.Cl.Cl. The Labute approximate surface area is 164 Å². The lowest BCUT2D eigenvalue weighted by molar-refractivity contribution is 0.677. The van der Waals surface area contributed by atoms with E-state index in [4.69, 9.17) is 23.1 Å². The van der Waals surface area contributed by atoms with E-state index in [1.165, 1.54) is 0 Å². The average Bonchev–Trinajstić information content (AvgIpc) is 2.53. The highest BCUT2D eigenvalue weighted by molar-refractivity contribution is 6.31. The number of nitrogens with zero attached hydrogens (tertiary/aromatic N) is 3. The van der Waals surface area contributed by atoms with Crippen LogP contribution in [0.3, 0.4) is 0 Å². The first kappa shape index (κ1) is 21.2. The highest BCUT2D eigenvalue weighted by Crippen LogP contribution is 2.36. The number of benzene rings is 1. The standard InChI is InChI=1S/C17H18ClN5.2ClH/c1-10-6-7-21-14-8-11(12-4-2-3-5-13(12)18)9-15(16(10)14)22-23-17(19)20;;/h2-7,11H,8-9H2,1H3,(H4,19,20,23);2*1H/b22-15+;;. The fraction of sp³-hybridized carbons (Fsp3) is 0.235. The van der Waals surface area contributed by atoms with E-state index in [1.54, 1.807) is 0 Å². The van der Waals surface area contributed by atoms with Crippen LogP contribution in [0.4, 0.5) is 0 Å². The number of pyridine rings is 1. The predicted molar refractivity (Wildman–Crippen MR) is 108 cm³/mol. The highest BCUT2D eigenvalue weighted by Gasteiger charge is 2.28. The first-order valence-corrected chi connectivity index (χ1v) is 7.78. The molecule has 1 atom stereocenters. The van der Waals surface area contributed by atoms with Crippen LogP contribution in [0.1, 0.15) is 34.7 Å². The molecule has 1 aromatic heterocycles. The molecule has 3 rings (SSSR count). The summed E-state index contributed by atoms with van der Waals surface area (Å²) in [4.78, 5) is 4.53. The Hall–Kier alpha value is -1.82. The molecule has 25 heavy (non-hydrogen) atoms. The summed E-state index contributed by atoms with van der Waals surface area (Å²) in [6, 6.07) is 9.85. The fourth-order valence-corrected chi connectivity index (χ4v) is 3.33. The Bertz CT molecular complexity index is 801. The Balaban J connectivity index is 0.00000156. The maximum atomic E-state index is 6.36. The molecular formula is C17H20Cl3N5. The molecule has 0 spiro atoms. The van der Waals surface area contributed by atoms with Crippen LogP contribution in [0.2, 0.25) is 5.02 Å². The van der Waals surface area contributed by atoms with Gasteiger partial charge in [-0.2, -0.15) is 5.10 Å². The monoisotopic (exact) mass is 399 g/mol. The number of hydrogen-bond acceptors (Lipinski definition) is 3. The number of fused-ring (bicyclic) bond motifs is 1. The van der Waals surface area contributed by atoms with E-state index in [0.29, 0.717) is 0 Å². The fourth-order valence-electron chi connectivity index (χ4n) is 3.04. The number of nitrogens with two attached hydrogens (primary N) is 2. The minimum Gasteiger partial charge on any atom is -0.369 e. The van der Waals surface area contributed by atoms with Gasteiger partial charge in [0.2, 0.25) is 5.96 Å². The zero-order valence-electron chi connectivity index (χ0n) is 13.6. The van der Waals surface area contributed by atoms with E-state index in [1.807, 2.05) is 43.5 Å². The van der Waals surface area contributed by atoms with Crippen LogP contribution in [0.5, 0.6) is 0 Å². The van der Waals surface area contributed by atoms with Gasteiger partial charge in [-0.3, -0.25) is 4.98 Å². The second-order valence-corrected chi connectivity index (χ2v) is 6.05. The molecule has 2 aromatic rings. The third-order valence-electron chi connectivity index (χ3n) is 4.04. The first-order chi connectivity index (χ1) is 11.1. The van der Waals surface area contributed by atoms with E-state index in [-0.39, 0.29) is 36.7 Å². The Morgan fingerprint density at radius 3 is 2.56 bits per heavy atom. The molecule has 0 saturated heterocycles. The van der Waals surface area contributed by atoms with Crippen LogP contribution >= 0.6 is 36.4 Å². The quantitative estimate of drug-likeness (QED) is 0.458. The van der Waals surface area contributed by atoms with Crippen LogP contribution in [-0.2, 0) is 6.42 Å². The second-order valence-electron chi connectivity index (χ2n) is 5.65. The molecule has 4 N–H and O–H groups in total. The number of halogens is 3. The van der Waals surface area contributed by atoms with Crippen LogP contribution in [0.25, 0.3) is 0 Å². The van der Waals surface area contributed by atoms with Crippen molar-refractivity contribution in [3.63, 3.8) is 0 Å². The number of hydrogen-bond donors (Lipinski definition) is 2.